The Hall–Kier alpha value is 0.160. The van der Waals surface area contributed by atoms with Gasteiger partial charge in [0.05, 0.1) is 0 Å². The first-order chi connectivity index (χ1) is 6.49. The van der Waals surface area contributed by atoms with Crippen LogP contribution in [0.3, 0.4) is 0 Å². The molecule has 0 saturated heterocycles. The van der Waals surface area contributed by atoms with E-state index in [2.05, 4.69) is 20.9 Å². The van der Waals surface area contributed by atoms with E-state index in [1.54, 1.807) is 6.92 Å². The zero-order valence-electron chi connectivity index (χ0n) is 9.37. The molecule has 0 N–H and O–H groups in total. The predicted octanol–water partition coefficient (Wildman–Crippen LogP) is -1.63. The summed E-state index contributed by atoms with van der Waals surface area (Å²) in [7, 11) is 0. The molecule has 0 aliphatic rings. The van der Waals surface area contributed by atoms with Gasteiger partial charge in [-0.05, 0) is 13.3 Å². The second-order valence-corrected chi connectivity index (χ2v) is 4.02. The van der Waals surface area contributed by atoms with E-state index in [1.807, 2.05) is 13.8 Å². The summed E-state index contributed by atoms with van der Waals surface area (Å²) in [6.07, 6.45) is 0.728. The number of hydrogen-bond donors (Lipinski definition) is 0. The minimum absolute atomic E-state index is 0. The second kappa shape index (κ2) is 6.03. The number of nitrogens with zero attached hydrogens (tertiary/aromatic N) is 2. The van der Waals surface area contributed by atoms with Crippen LogP contribution in [0.5, 0.6) is 0 Å². The van der Waals surface area contributed by atoms with Gasteiger partial charge >= 0.3 is 35.2 Å². The Labute approximate surface area is 119 Å². The van der Waals surface area contributed by atoms with Gasteiger partial charge < -0.3 is 4.79 Å². The molecule has 1 unspecified atom stereocenters. The Morgan fingerprint density at radius 1 is 1.53 bits per heavy atom. The topological polar surface area (TPSA) is 52.0 Å². The molecule has 1 aromatic rings. The van der Waals surface area contributed by atoms with Gasteiger partial charge in [-0.2, -0.15) is 4.47 Å². The van der Waals surface area contributed by atoms with Crippen molar-refractivity contribution in [2.45, 2.75) is 33.2 Å². The van der Waals surface area contributed by atoms with E-state index in [1.165, 1.54) is 4.57 Å². The fourth-order valence-electron chi connectivity index (χ4n) is 1.17. The van der Waals surface area contributed by atoms with Gasteiger partial charge in [0, 0.05) is 6.04 Å². The monoisotopic (exact) mass is 282 g/mol. The molecule has 1 heterocycles. The van der Waals surface area contributed by atoms with Crippen molar-refractivity contribution in [2.75, 3.05) is 0 Å². The molecule has 4 nitrogen and oxygen atoms in total. The minimum Gasteiger partial charge on any atom is -0.309 e. The Kier molecular flexibility index (Phi) is 6.10. The van der Waals surface area contributed by atoms with Crippen LogP contribution in [0.25, 0.3) is 0 Å². The minimum atomic E-state index is -0.468. The maximum atomic E-state index is 11.7. The third-order valence-corrected chi connectivity index (χ3v) is 3.14. The maximum absolute atomic E-state index is 11.7. The van der Waals surface area contributed by atoms with E-state index in [0.717, 1.165) is 6.42 Å². The number of aryl methyl sites for hydroxylation is 1. The van der Waals surface area contributed by atoms with Crippen LogP contribution in [-0.2, 0) is 0 Å². The standard InChI is InChI=1S/C9H12BrN2O2.Na/c1-4-5(2)12-8(13)7(10)6(3)11-9(12)14;/h5H,4H2,1-3H3;/q-1;+1. The number of halogens is 1. The number of aromatic nitrogens is 2. The molecule has 1 atom stereocenters. The Morgan fingerprint density at radius 3 is 2.53 bits per heavy atom. The zero-order valence-corrected chi connectivity index (χ0v) is 13.0. The largest absolute Gasteiger partial charge is 1.00 e. The average Bonchev–Trinajstić information content (AvgIpc) is 2.14. The Balaban J connectivity index is 0.00000196. The smallest absolute Gasteiger partial charge is 0.309 e. The molecule has 78 valence electrons. The van der Waals surface area contributed by atoms with E-state index in [4.69, 9.17) is 0 Å². The summed E-state index contributed by atoms with van der Waals surface area (Å²) in [6.45, 7) is 5.38. The molecule has 0 bridgehead atoms. The van der Waals surface area contributed by atoms with Crippen molar-refractivity contribution in [2.24, 2.45) is 0 Å². The summed E-state index contributed by atoms with van der Waals surface area (Å²) in [5, 5.41) is 0. The fourth-order valence-corrected chi connectivity index (χ4v) is 1.44. The summed E-state index contributed by atoms with van der Waals surface area (Å²) < 4.78 is 1.55. The van der Waals surface area contributed by atoms with Gasteiger partial charge in [0.1, 0.15) is 5.56 Å². The summed E-state index contributed by atoms with van der Waals surface area (Å²) in [4.78, 5) is 26.9. The van der Waals surface area contributed by atoms with Crippen LogP contribution in [0, 0.1) is 6.92 Å². The first-order valence-electron chi connectivity index (χ1n) is 4.44. The summed E-state index contributed by atoms with van der Waals surface area (Å²) >= 11 is 3.13. The third kappa shape index (κ3) is 3.06. The molecular formula is C9H12BrN2NaO2. The second-order valence-electron chi connectivity index (χ2n) is 3.23. The van der Waals surface area contributed by atoms with Crippen LogP contribution in [-0.4, -0.2) is 9.55 Å². The Morgan fingerprint density at radius 2 is 2.07 bits per heavy atom. The van der Waals surface area contributed by atoms with Crippen LogP contribution in [0.4, 0.5) is 0 Å². The van der Waals surface area contributed by atoms with Gasteiger partial charge in [-0.15, -0.1) is 0 Å². The first-order valence-corrected chi connectivity index (χ1v) is 5.24. The quantitative estimate of drug-likeness (QED) is 0.483. The van der Waals surface area contributed by atoms with Crippen molar-refractivity contribution in [3.05, 3.63) is 31.0 Å². The van der Waals surface area contributed by atoms with E-state index in [-0.39, 0.29) is 41.2 Å². The SMILES string of the molecule is CCC(C)n1c(=O)nc(C)[c-](Br)c1=O.[Na+]. The molecular weight excluding hydrogens is 271 g/mol. The van der Waals surface area contributed by atoms with Gasteiger partial charge in [-0.25, -0.2) is 9.78 Å². The molecule has 0 amide bonds. The van der Waals surface area contributed by atoms with Crippen LogP contribution >= 0.6 is 15.9 Å². The average molecular weight is 283 g/mol. The molecule has 1 aromatic heterocycles. The zero-order chi connectivity index (χ0) is 10.9. The molecule has 0 radical (unpaired) electrons. The van der Waals surface area contributed by atoms with E-state index < -0.39 is 5.69 Å². The molecule has 6 heteroatoms. The fraction of sp³-hybridized carbons (Fsp3) is 0.556. The molecule has 0 aromatic carbocycles. The Bertz CT molecular complexity index is 452. The number of hydrogen-bond acceptors (Lipinski definition) is 3. The third-order valence-electron chi connectivity index (χ3n) is 2.23. The maximum Gasteiger partial charge on any atom is 1.00 e. The normalized spacial score (nSPS) is 12.0. The van der Waals surface area contributed by atoms with Crippen molar-refractivity contribution in [3.63, 3.8) is 0 Å². The van der Waals surface area contributed by atoms with Crippen molar-refractivity contribution in [3.8, 4) is 0 Å². The summed E-state index contributed by atoms with van der Waals surface area (Å²) in [5.74, 6) is 0. The van der Waals surface area contributed by atoms with E-state index >= 15 is 0 Å². The predicted molar refractivity (Wildman–Crippen MR) is 57.8 cm³/mol. The van der Waals surface area contributed by atoms with Crippen LogP contribution in [0.15, 0.2) is 14.1 Å². The van der Waals surface area contributed by atoms with Crippen LogP contribution in [0.2, 0.25) is 0 Å². The van der Waals surface area contributed by atoms with E-state index in [0.29, 0.717) is 10.2 Å². The van der Waals surface area contributed by atoms with Crippen LogP contribution < -0.4 is 40.8 Å². The molecule has 0 aliphatic carbocycles. The first kappa shape index (κ1) is 15.2. The van der Waals surface area contributed by atoms with Crippen molar-refractivity contribution >= 4 is 15.9 Å². The molecule has 1 rings (SSSR count). The van der Waals surface area contributed by atoms with Gasteiger partial charge in [-0.1, -0.05) is 19.5 Å². The number of rotatable bonds is 2. The van der Waals surface area contributed by atoms with Crippen molar-refractivity contribution in [1.29, 1.82) is 0 Å². The molecule has 0 fully saturated rings. The van der Waals surface area contributed by atoms with Crippen molar-refractivity contribution < 1.29 is 29.6 Å². The molecule has 0 saturated carbocycles. The van der Waals surface area contributed by atoms with Gasteiger partial charge in [0.25, 0.3) is 0 Å². The van der Waals surface area contributed by atoms with Gasteiger partial charge in [0.15, 0.2) is 0 Å². The molecule has 15 heavy (non-hydrogen) atoms. The van der Waals surface area contributed by atoms with Crippen LogP contribution in [0.1, 0.15) is 32.0 Å². The van der Waals surface area contributed by atoms with Gasteiger partial charge in [-0.3, -0.25) is 20.5 Å². The van der Waals surface area contributed by atoms with Gasteiger partial charge in [0.2, 0.25) is 0 Å². The molecule has 0 spiro atoms. The summed E-state index contributed by atoms with van der Waals surface area (Å²) in [5.41, 5.74) is -0.318. The molecule has 0 aliphatic heterocycles. The summed E-state index contributed by atoms with van der Waals surface area (Å²) in [6, 6.07) is -0.112. The van der Waals surface area contributed by atoms with Crippen molar-refractivity contribution in [1.82, 2.24) is 9.55 Å². The van der Waals surface area contributed by atoms with E-state index in [9.17, 15) is 9.59 Å².